The van der Waals surface area contributed by atoms with Crippen LogP contribution in [-0.2, 0) is 9.59 Å². The Labute approximate surface area is 200 Å². The van der Waals surface area contributed by atoms with Crippen molar-refractivity contribution in [3.8, 4) is 11.5 Å². The molecule has 1 saturated heterocycles. The Morgan fingerprint density at radius 3 is 2.38 bits per heavy atom. The summed E-state index contributed by atoms with van der Waals surface area (Å²) in [5, 5.41) is 11.5. The van der Waals surface area contributed by atoms with E-state index in [-0.39, 0.29) is 21.8 Å². The van der Waals surface area contributed by atoms with Gasteiger partial charge in [-0.15, -0.1) is 0 Å². The van der Waals surface area contributed by atoms with E-state index < -0.39 is 29.3 Å². The predicted molar refractivity (Wildman–Crippen MR) is 127 cm³/mol. The number of hydrogen-bond donors (Lipinski definition) is 1. The highest BCUT2D eigenvalue weighted by atomic mass is 35.5. The number of carbonyl (C=O) groups is 2. The number of aliphatic hydroxyl groups is 1. The molecule has 3 aromatic rings. The van der Waals surface area contributed by atoms with Crippen molar-refractivity contribution in [2.75, 3.05) is 19.1 Å². The summed E-state index contributed by atoms with van der Waals surface area (Å²) in [7, 11) is 2.96. The molecule has 8 heteroatoms. The molecule has 0 bridgehead atoms. The second-order valence-electron chi connectivity index (χ2n) is 7.69. The second kappa shape index (κ2) is 9.19. The van der Waals surface area contributed by atoms with Crippen molar-refractivity contribution in [3.63, 3.8) is 0 Å². The van der Waals surface area contributed by atoms with Crippen LogP contribution in [-0.4, -0.2) is 31.0 Å². The zero-order valence-corrected chi connectivity index (χ0v) is 19.4. The highest BCUT2D eigenvalue weighted by Crippen LogP contribution is 2.44. The van der Waals surface area contributed by atoms with Crippen molar-refractivity contribution in [2.45, 2.75) is 13.0 Å². The van der Waals surface area contributed by atoms with Gasteiger partial charge in [0, 0.05) is 16.8 Å². The van der Waals surface area contributed by atoms with Crippen LogP contribution in [0, 0.1) is 12.7 Å². The maximum absolute atomic E-state index is 15.0. The Morgan fingerprint density at radius 1 is 1.03 bits per heavy atom. The van der Waals surface area contributed by atoms with Crippen molar-refractivity contribution in [1.29, 1.82) is 0 Å². The minimum Gasteiger partial charge on any atom is -0.507 e. The van der Waals surface area contributed by atoms with E-state index in [0.29, 0.717) is 22.6 Å². The number of amides is 1. The number of ketones is 1. The van der Waals surface area contributed by atoms with Crippen molar-refractivity contribution in [1.82, 2.24) is 0 Å². The van der Waals surface area contributed by atoms with Crippen LogP contribution in [0.5, 0.6) is 11.5 Å². The van der Waals surface area contributed by atoms with Crippen LogP contribution in [0.25, 0.3) is 5.76 Å². The van der Waals surface area contributed by atoms with Gasteiger partial charge in [-0.05, 0) is 55.0 Å². The number of aryl methyl sites for hydroxylation is 1. The Hall–Kier alpha value is -3.84. The normalized spacial score (nSPS) is 17.2. The van der Waals surface area contributed by atoms with E-state index >= 15 is 0 Å². The van der Waals surface area contributed by atoms with Crippen LogP contribution in [0.4, 0.5) is 10.1 Å². The van der Waals surface area contributed by atoms with Gasteiger partial charge in [-0.1, -0.05) is 29.8 Å². The van der Waals surface area contributed by atoms with E-state index in [4.69, 9.17) is 21.1 Å². The summed E-state index contributed by atoms with van der Waals surface area (Å²) in [6.45, 7) is 1.73. The highest BCUT2D eigenvalue weighted by molar-refractivity contribution is 6.52. The molecule has 4 rings (SSSR count). The molecular weight excluding hydrogens is 461 g/mol. The first-order valence-corrected chi connectivity index (χ1v) is 10.7. The molecule has 0 aromatic heterocycles. The lowest BCUT2D eigenvalue weighted by atomic mass is 9.93. The molecule has 34 heavy (non-hydrogen) atoms. The number of ether oxygens (including phenoxy) is 2. The third kappa shape index (κ3) is 3.88. The minimum atomic E-state index is -1.22. The summed E-state index contributed by atoms with van der Waals surface area (Å²) in [5.74, 6) is -1.95. The monoisotopic (exact) mass is 481 g/mol. The van der Waals surface area contributed by atoms with E-state index in [1.165, 1.54) is 38.5 Å². The number of hydrogen-bond acceptors (Lipinski definition) is 5. The first-order valence-electron chi connectivity index (χ1n) is 10.3. The number of halogens is 2. The first-order chi connectivity index (χ1) is 16.3. The Kier molecular flexibility index (Phi) is 6.30. The van der Waals surface area contributed by atoms with Gasteiger partial charge in [-0.3, -0.25) is 14.5 Å². The topological polar surface area (TPSA) is 76.1 Å². The van der Waals surface area contributed by atoms with Gasteiger partial charge in [0.25, 0.3) is 11.7 Å². The maximum atomic E-state index is 15.0. The average molecular weight is 482 g/mol. The van der Waals surface area contributed by atoms with Crippen molar-refractivity contribution < 1.29 is 28.6 Å². The van der Waals surface area contributed by atoms with E-state index in [1.54, 1.807) is 43.3 Å². The Bertz CT molecular complexity index is 1340. The lowest BCUT2D eigenvalue weighted by Crippen LogP contribution is -2.29. The van der Waals surface area contributed by atoms with Crippen molar-refractivity contribution >= 4 is 34.7 Å². The summed E-state index contributed by atoms with van der Waals surface area (Å²) in [6, 6.07) is 14.0. The highest BCUT2D eigenvalue weighted by Gasteiger charge is 2.48. The standard InChI is InChI=1S/C26H21ClFNO5/c1-14-12-16(33-2)9-10-17(14)24(30)22-23(18-6-4-5-7-20(18)28)29(26(32)25(22)31)15-8-11-21(34-3)19(27)13-15/h4-13,23,30H,1-3H3/b24-22+. The number of anilines is 1. The number of methoxy groups -OCH3 is 2. The summed E-state index contributed by atoms with van der Waals surface area (Å²) in [6.07, 6.45) is 0. The van der Waals surface area contributed by atoms with Gasteiger partial charge in [0.05, 0.1) is 30.9 Å². The molecule has 1 aliphatic rings. The molecule has 1 unspecified atom stereocenters. The molecule has 1 amide bonds. The van der Waals surface area contributed by atoms with Crippen LogP contribution in [0.1, 0.15) is 22.7 Å². The lowest BCUT2D eigenvalue weighted by molar-refractivity contribution is -0.132. The largest absolute Gasteiger partial charge is 0.507 e. The summed E-state index contributed by atoms with van der Waals surface area (Å²) >= 11 is 6.27. The number of nitrogens with zero attached hydrogens (tertiary/aromatic N) is 1. The van der Waals surface area contributed by atoms with Gasteiger partial charge in [0.1, 0.15) is 23.1 Å². The molecule has 1 aliphatic heterocycles. The lowest BCUT2D eigenvalue weighted by Gasteiger charge is -2.26. The number of rotatable bonds is 5. The van der Waals surface area contributed by atoms with Gasteiger partial charge >= 0.3 is 0 Å². The Morgan fingerprint density at radius 2 is 1.76 bits per heavy atom. The fourth-order valence-electron chi connectivity index (χ4n) is 4.07. The number of Topliss-reactive ketones (excluding diaryl/α,β-unsaturated/α-hetero) is 1. The molecule has 1 fully saturated rings. The van der Waals surface area contributed by atoms with Gasteiger partial charge in [0.2, 0.25) is 0 Å². The number of carbonyl (C=O) groups excluding carboxylic acids is 2. The molecule has 1 N–H and O–H groups in total. The zero-order chi connectivity index (χ0) is 24.6. The quantitative estimate of drug-likeness (QED) is 0.299. The summed E-state index contributed by atoms with van der Waals surface area (Å²) < 4.78 is 25.4. The molecule has 0 radical (unpaired) electrons. The van der Waals surface area contributed by atoms with Crippen LogP contribution in [0.3, 0.4) is 0 Å². The van der Waals surface area contributed by atoms with Crippen LogP contribution in [0.15, 0.2) is 66.2 Å². The van der Waals surface area contributed by atoms with Gasteiger partial charge in [-0.2, -0.15) is 0 Å². The molecule has 1 atom stereocenters. The summed E-state index contributed by atoms with van der Waals surface area (Å²) in [4.78, 5) is 27.6. The fraction of sp³-hybridized carbons (Fsp3) is 0.154. The van der Waals surface area contributed by atoms with Crippen molar-refractivity contribution in [2.24, 2.45) is 0 Å². The first kappa shape index (κ1) is 23.3. The molecular formula is C26H21ClFNO5. The molecule has 0 saturated carbocycles. The van der Waals surface area contributed by atoms with Gasteiger partial charge in [-0.25, -0.2) is 4.39 Å². The third-order valence-corrected chi connectivity index (χ3v) is 6.04. The average Bonchev–Trinajstić information content (AvgIpc) is 3.09. The fourth-order valence-corrected chi connectivity index (χ4v) is 4.32. The third-order valence-electron chi connectivity index (χ3n) is 5.75. The molecule has 1 heterocycles. The van der Waals surface area contributed by atoms with Gasteiger partial charge in [0.15, 0.2) is 0 Å². The SMILES string of the molecule is COc1ccc(/C(O)=C2\C(=O)C(=O)N(c3ccc(OC)c(Cl)c3)C2c2ccccc2F)c(C)c1. The minimum absolute atomic E-state index is 0.0568. The van der Waals surface area contributed by atoms with Crippen LogP contribution < -0.4 is 14.4 Å². The molecule has 174 valence electrons. The number of aliphatic hydroxyl groups excluding tert-OH is 1. The molecule has 3 aromatic carbocycles. The van der Waals surface area contributed by atoms with Crippen LogP contribution in [0.2, 0.25) is 5.02 Å². The van der Waals surface area contributed by atoms with E-state index in [9.17, 15) is 19.1 Å². The van der Waals surface area contributed by atoms with E-state index in [2.05, 4.69) is 0 Å². The summed E-state index contributed by atoms with van der Waals surface area (Å²) in [5.41, 5.74) is 1.03. The van der Waals surface area contributed by atoms with E-state index in [1.807, 2.05) is 0 Å². The predicted octanol–water partition coefficient (Wildman–Crippen LogP) is 5.43. The maximum Gasteiger partial charge on any atom is 0.300 e. The molecule has 0 aliphatic carbocycles. The zero-order valence-electron chi connectivity index (χ0n) is 18.6. The molecule has 6 nitrogen and oxygen atoms in total. The van der Waals surface area contributed by atoms with E-state index in [0.717, 1.165) is 4.90 Å². The Balaban J connectivity index is 1.97. The van der Waals surface area contributed by atoms with Gasteiger partial charge < -0.3 is 14.6 Å². The molecule has 0 spiro atoms. The second-order valence-corrected chi connectivity index (χ2v) is 8.10. The smallest absolute Gasteiger partial charge is 0.300 e. The van der Waals surface area contributed by atoms with Crippen LogP contribution >= 0.6 is 11.6 Å². The number of benzene rings is 3. The van der Waals surface area contributed by atoms with Crippen molar-refractivity contribution in [3.05, 3.63) is 93.8 Å².